The lowest BCUT2D eigenvalue weighted by Crippen LogP contribution is -2.23. The molecule has 0 radical (unpaired) electrons. The molecule has 1 aromatic rings. The van der Waals surface area contributed by atoms with E-state index in [4.69, 9.17) is 14.2 Å². The van der Waals surface area contributed by atoms with Crippen molar-refractivity contribution in [3.63, 3.8) is 0 Å². The monoisotopic (exact) mass is 264 g/mol. The van der Waals surface area contributed by atoms with Crippen LogP contribution in [0.15, 0.2) is 12.1 Å². The van der Waals surface area contributed by atoms with Crippen LogP contribution in [0.2, 0.25) is 0 Å². The molecule has 0 saturated heterocycles. The highest BCUT2D eigenvalue weighted by Crippen LogP contribution is 2.40. The molecule has 1 unspecified atom stereocenters. The highest BCUT2D eigenvalue weighted by atomic mass is 16.5. The summed E-state index contributed by atoms with van der Waals surface area (Å²) in [5.41, 5.74) is 1.22. The lowest BCUT2D eigenvalue weighted by Gasteiger charge is -2.11. The number of hydrogen-bond donors (Lipinski definition) is 0. The van der Waals surface area contributed by atoms with Gasteiger partial charge in [-0.3, -0.25) is 9.59 Å². The molecule has 0 bridgehead atoms. The van der Waals surface area contributed by atoms with E-state index >= 15 is 0 Å². The van der Waals surface area contributed by atoms with Gasteiger partial charge in [0.1, 0.15) is 5.92 Å². The van der Waals surface area contributed by atoms with E-state index in [2.05, 4.69) is 0 Å². The summed E-state index contributed by atoms with van der Waals surface area (Å²) < 4.78 is 15.4. The van der Waals surface area contributed by atoms with Crippen molar-refractivity contribution in [2.45, 2.75) is 13.3 Å². The maximum absolute atomic E-state index is 12.2. The van der Waals surface area contributed by atoms with E-state index in [1.807, 2.05) is 0 Å². The smallest absolute Gasteiger partial charge is 0.317 e. The third kappa shape index (κ3) is 2.16. The Bertz CT molecular complexity index is 521. The Morgan fingerprint density at radius 2 is 2.05 bits per heavy atom. The number of methoxy groups -OCH3 is 2. The van der Waals surface area contributed by atoms with Crippen LogP contribution in [-0.4, -0.2) is 32.6 Å². The van der Waals surface area contributed by atoms with Gasteiger partial charge in [0.05, 0.1) is 20.8 Å². The maximum atomic E-state index is 12.2. The number of carbonyl (C=O) groups is 2. The molecule has 0 heterocycles. The van der Waals surface area contributed by atoms with Crippen molar-refractivity contribution in [1.82, 2.24) is 0 Å². The molecule has 1 aliphatic carbocycles. The molecule has 2 rings (SSSR count). The van der Waals surface area contributed by atoms with Gasteiger partial charge in [-0.15, -0.1) is 0 Å². The van der Waals surface area contributed by atoms with Gasteiger partial charge < -0.3 is 14.2 Å². The fraction of sp³-hybridized carbons (Fsp3) is 0.429. The number of ether oxygens (including phenoxy) is 3. The molecule has 0 amide bonds. The molecular weight excluding hydrogens is 248 g/mol. The van der Waals surface area contributed by atoms with Crippen LogP contribution in [0.4, 0.5) is 0 Å². The van der Waals surface area contributed by atoms with E-state index in [0.29, 0.717) is 29.0 Å². The van der Waals surface area contributed by atoms with Crippen LogP contribution in [0, 0.1) is 5.92 Å². The molecule has 0 N–H and O–H groups in total. The predicted molar refractivity (Wildman–Crippen MR) is 67.7 cm³/mol. The number of ketones is 1. The van der Waals surface area contributed by atoms with Crippen LogP contribution in [0.25, 0.3) is 0 Å². The molecule has 1 atom stereocenters. The summed E-state index contributed by atoms with van der Waals surface area (Å²) in [4.78, 5) is 23.9. The Hall–Kier alpha value is -2.04. The van der Waals surface area contributed by atoms with E-state index < -0.39 is 11.9 Å². The second-order valence-corrected chi connectivity index (χ2v) is 4.20. The fourth-order valence-electron chi connectivity index (χ4n) is 2.34. The third-order valence-corrected chi connectivity index (χ3v) is 3.21. The van der Waals surface area contributed by atoms with Crippen LogP contribution in [0.5, 0.6) is 11.5 Å². The lowest BCUT2D eigenvalue weighted by molar-refractivity contribution is -0.145. The van der Waals surface area contributed by atoms with Gasteiger partial charge in [0.25, 0.3) is 0 Å². The summed E-state index contributed by atoms with van der Waals surface area (Å²) in [5, 5.41) is 0. The summed E-state index contributed by atoms with van der Waals surface area (Å²) in [7, 11) is 3.05. The Morgan fingerprint density at radius 1 is 1.32 bits per heavy atom. The van der Waals surface area contributed by atoms with Gasteiger partial charge in [0.2, 0.25) is 0 Å². The van der Waals surface area contributed by atoms with Crippen LogP contribution < -0.4 is 9.47 Å². The fourth-order valence-corrected chi connectivity index (χ4v) is 2.34. The minimum Gasteiger partial charge on any atom is -0.493 e. The van der Waals surface area contributed by atoms with Gasteiger partial charge in [-0.05, 0) is 25.5 Å². The first-order chi connectivity index (χ1) is 9.13. The van der Waals surface area contributed by atoms with Gasteiger partial charge >= 0.3 is 5.97 Å². The average Bonchev–Trinajstić information content (AvgIpc) is 2.75. The molecule has 5 heteroatoms. The molecule has 0 aliphatic heterocycles. The van der Waals surface area contributed by atoms with E-state index in [1.165, 1.54) is 14.2 Å². The molecular formula is C14H16O5. The van der Waals surface area contributed by atoms with Gasteiger partial charge in [-0.2, -0.15) is 0 Å². The number of Topliss-reactive ketones (excluding diaryl/α,β-unsaturated/α-hetero) is 1. The van der Waals surface area contributed by atoms with E-state index in [1.54, 1.807) is 19.1 Å². The minimum atomic E-state index is -0.768. The Labute approximate surface area is 111 Å². The molecule has 0 saturated carbocycles. The van der Waals surface area contributed by atoms with Gasteiger partial charge in [0, 0.05) is 11.1 Å². The lowest BCUT2D eigenvalue weighted by atomic mass is 10.1. The number of benzene rings is 1. The van der Waals surface area contributed by atoms with E-state index in [9.17, 15) is 9.59 Å². The number of hydrogen-bond acceptors (Lipinski definition) is 5. The van der Waals surface area contributed by atoms with E-state index in [-0.39, 0.29) is 12.4 Å². The topological polar surface area (TPSA) is 61.8 Å². The van der Waals surface area contributed by atoms with Crippen molar-refractivity contribution in [2.75, 3.05) is 20.8 Å². The predicted octanol–water partition coefficient (Wildman–Crippen LogP) is 1.62. The number of esters is 1. The van der Waals surface area contributed by atoms with Crippen molar-refractivity contribution >= 4 is 11.8 Å². The standard InChI is InChI=1S/C14H16O5/c1-4-19-14(16)10-7-9-8(12(10)15)5-6-11(17-2)13(9)18-3/h5-6,10H,4,7H2,1-3H3. The molecule has 0 fully saturated rings. The number of rotatable bonds is 4. The van der Waals surface area contributed by atoms with Crippen LogP contribution in [0.3, 0.4) is 0 Å². The summed E-state index contributed by atoms with van der Waals surface area (Å²) in [6, 6.07) is 3.33. The summed E-state index contributed by atoms with van der Waals surface area (Å²) >= 11 is 0. The van der Waals surface area contributed by atoms with E-state index in [0.717, 1.165) is 0 Å². The molecule has 1 aliphatic rings. The minimum absolute atomic E-state index is 0.214. The zero-order valence-electron chi connectivity index (χ0n) is 11.2. The summed E-state index contributed by atoms with van der Waals surface area (Å²) in [6.07, 6.45) is 0.299. The zero-order chi connectivity index (χ0) is 14.0. The molecule has 0 aromatic heterocycles. The largest absolute Gasteiger partial charge is 0.493 e. The van der Waals surface area contributed by atoms with Crippen molar-refractivity contribution in [1.29, 1.82) is 0 Å². The molecule has 1 aromatic carbocycles. The Morgan fingerprint density at radius 3 is 2.63 bits per heavy atom. The van der Waals surface area contributed by atoms with Gasteiger partial charge in [-0.25, -0.2) is 0 Å². The van der Waals surface area contributed by atoms with Crippen LogP contribution in [0.1, 0.15) is 22.8 Å². The second-order valence-electron chi connectivity index (χ2n) is 4.20. The summed E-state index contributed by atoms with van der Waals surface area (Å²) in [5.74, 6) is -0.395. The van der Waals surface area contributed by atoms with Crippen LogP contribution in [-0.2, 0) is 16.0 Å². The first kappa shape index (κ1) is 13.4. The molecule has 5 nitrogen and oxygen atoms in total. The van der Waals surface area contributed by atoms with Gasteiger partial charge in [-0.1, -0.05) is 0 Å². The average molecular weight is 264 g/mol. The Balaban J connectivity index is 2.40. The first-order valence-corrected chi connectivity index (χ1v) is 6.08. The maximum Gasteiger partial charge on any atom is 0.317 e. The van der Waals surface area contributed by atoms with Crippen LogP contribution >= 0.6 is 0 Å². The highest BCUT2D eigenvalue weighted by molar-refractivity contribution is 6.12. The second kappa shape index (κ2) is 5.30. The number of carbonyl (C=O) groups excluding carboxylic acids is 2. The Kier molecular flexibility index (Phi) is 3.74. The summed E-state index contributed by atoms with van der Waals surface area (Å²) in [6.45, 7) is 1.98. The quantitative estimate of drug-likeness (QED) is 0.611. The SMILES string of the molecule is CCOC(=O)C1Cc2c(ccc(OC)c2OC)C1=O. The van der Waals surface area contributed by atoms with Crippen molar-refractivity contribution in [3.8, 4) is 11.5 Å². The van der Waals surface area contributed by atoms with Crippen molar-refractivity contribution < 1.29 is 23.8 Å². The first-order valence-electron chi connectivity index (χ1n) is 6.08. The molecule has 102 valence electrons. The molecule has 19 heavy (non-hydrogen) atoms. The number of fused-ring (bicyclic) bond motifs is 1. The third-order valence-electron chi connectivity index (χ3n) is 3.21. The van der Waals surface area contributed by atoms with Crippen molar-refractivity contribution in [2.24, 2.45) is 5.92 Å². The zero-order valence-corrected chi connectivity index (χ0v) is 11.2. The molecule has 0 spiro atoms. The van der Waals surface area contributed by atoms with Gasteiger partial charge in [0.15, 0.2) is 17.3 Å². The van der Waals surface area contributed by atoms with Crippen molar-refractivity contribution in [3.05, 3.63) is 23.3 Å². The normalized spacial score (nSPS) is 17.0. The highest BCUT2D eigenvalue weighted by Gasteiger charge is 2.39.